The van der Waals surface area contributed by atoms with Crippen LogP contribution in [-0.4, -0.2) is 43.3 Å². The Hall–Kier alpha value is -1.28. The van der Waals surface area contributed by atoms with Crippen LogP contribution in [0.1, 0.15) is 31.7 Å². The standard InChI is InChI=1S/C19H28N4O.HI/c1-19(10-6-12-24-19)14-23-18(20-2)21-11-5-7-15-13-22-17-9-4-3-8-16(15)17;/h3-4,8-9,13,22H,5-7,10-12,14H2,1-2H3,(H2,20,21,23);1H. The zero-order valence-electron chi connectivity index (χ0n) is 15.1. The molecule has 3 N–H and O–H groups in total. The fraction of sp³-hybridized carbons (Fsp3) is 0.526. The lowest BCUT2D eigenvalue weighted by atomic mass is 10.0. The van der Waals surface area contributed by atoms with Gasteiger partial charge in [-0.05, 0) is 44.2 Å². The van der Waals surface area contributed by atoms with Gasteiger partial charge in [0, 0.05) is 43.8 Å². The van der Waals surface area contributed by atoms with Crippen molar-refractivity contribution in [3.05, 3.63) is 36.0 Å². The van der Waals surface area contributed by atoms with Crippen LogP contribution in [0.15, 0.2) is 35.5 Å². The van der Waals surface area contributed by atoms with Gasteiger partial charge in [-0.15, -0.1) is 24.0 Å². The SMILES string of the molecule is CN=C(NCCCc1c[nH]c2ccccc12)NCC1(C)CCCO1.I. The molecular weight excluding hydrogens is 427 g/mol. The van der Waals surface area contributed by atoms with Crippen LogP contribution < -0.4 is 10.6 Å². The number of halogens is 1. The normalized spacial score (nSPS) is 20.5. The molecule has 1 aliphatic rings. The van der Waals surface area contributed by atoms with Crippen LogP contribution in [0.2, 0.25) is 0 Å². The molecule has 2 aromatic rings. The number of para-hydroxylation sites is 1. The summed E-state index contributed by atoms with van der Waals surface area (Å²) in [6.45, 7) is 4.73. The van der Waals surface area contributed by atoms with Crippen LogP contribution in [0.3, 0.4) is 0 Å². The van der Waals surface area contributed by atoms with E-state index in [1.54, 1.807) is 0 Å². The highest BCUT2D eigenvalue weighted by Crippen LogP contribution is 2.23. The van der Waals surface area contributed by atoms with Crippen molar-refractivity contribution < 1.29 is 4.74 Å². The Morgan fingerprint density at radius 2 is 2.16 bits per heavy atom. The van der Waals surface area contributed by atoms with Crippen LogP contribution in [0.25, 0.3) is 10.9 Å². The van der Waals surface area contributed by atoms with Gasteiger partial charge in [-0.2, -0.15) is 0 Å². The van der Waals surface area contributed by atoms with Crippen molar-refractivity contribution in [2.75, 3.05) is 26.7 Å². The first-order chi connectivity index (χ1) is 11.7. The zero-order valence-corrected chi connectivity index (χ0v) is 17.4. The Morgan fingerprint density at radius 1 is 1.32 bits per heavy atom. The number of rotatable bonds is 6. The molecule has 5 nitrogen and oxygen atoms in total. The van der Waals surface area contributed by atoms with E-state index in [1.165, 1.54) is 16.5 Å². The van der Waals surface area contributed by atoms with E-state index in [1.807, 2.05) is 7.05 Å². The number of nitrogens with zero attached hydrogens (tertiary/aromatic N) is 1. The molecule has 1 fully saturated rings. The van der Waals surface area contributed by atoms with E-state index in [4.69, 9.17) is 4.74 Å². The monoisotopic (exact) mass is 456 g/mol. The highest BCUT2D eigenvalue weighted by atomic mass is 127. The van der Waals surface area contributed by atoms with E-state index >= 15 is 0 Å². The third kappa shape index (κ3) is 5.34. The molecule has 0 amide bonds. The van der Waals surface area contributed by atoms with Crippen LogP contribution in [0.5, 0.6) is 0 Å². The summed E-state index contributed by atoms with van der Waals surface area (Å²) in [6, 6.07) is 8.45. The van der Waals surface area contributed by atoms with Gasteiger partial charge in [0.1, 0.15) is 0 Å². The maximum atomic E-state index is 5.80. The average Bonchev–Trinajstić information content (AvgIpc) is 3.21. The summed E-state index contributed by atoms with van der Waals surface area (Å²) in [5.41, 5.74) is 2.53. The summed E-state index contributed by atoms with van der Waals surface area (Å²) in [7, 11) is 1.81. The lowest BCUT2D eigenvalue weighted by molar-refractivity contribution is 0.0243. The highest BCUT2D eigenvalue weighted by Gasteiger charge is 2.29. The van der Waals surface area contributed by atoms with Gasteiger partial charge < -0.3 is 20.4 Å². The minimum absolute atomic E-state index is 0. The number of aliphatic imine (C=N–C) groups is 1. The second kappa shape index (κ2) is 9.43. The third-order valence-corrected chi connectivity index (χ3v) is 4.74. The Morgan fingerprint density at radius 3 is 2.92 bits per heavy atom. The minimum atomic E-state index is -0.0539. The molecule has 138 valence electrons. The van der Waals surface area contributed by atoms with Crippen molar-refractivity contribution in [2.45, 2.75) is 38.2 Å². The van der Waals surface area contributed by atoms with Crippen molar-refractivity contribution in [3.63, 3.8) is 0 Å². The molecule has 1 aromatic carbocycles. The molecule has 6 heteroatoms. The molecule has 1 atom stereocenters. The maximum absolute atomic E-state index is 5.80. The molecule has 0 spiro atoms. The van der Waals surface area contributed by atoms with E-state index in [9.17, 15) is 0 Å². The molecule has 1 aromatic heterocycles. The van der Waals surface area contributed by atoms with Crippen LogP contribution in [-0.2, 0) is 11.2 Å². The second-order valence-corrected chi connectivity index (χ2v) is 6.72. The van der Waals surface area contributed by atoms with Gasteiger partial charge in [0.2, 0.25) is 0 Å². The van der Waals surface area contributed by atoms with E-state index in [0.717, 1.165) is 51.3 Å². The molecule has 3 rings (SSSR count). The first kappa shape index (κ1) is 20.0. The van der Waals surface area contributed by atoms with Gasteiger partial charge in [0.25, 0.3) is 0 Å². The summed E-state index contributed by atoms with van der Waals surface area (Å²) in [6.07, 6.45) is 6.49. The number of benzene rings is 1. The summed E-state index contributed by atoms with van der Waals surface area (Å²) >= 11 is 0. The number of aromatic nitrogens is 1. The molecule has 0 radical (unpaired) electrons. The number of hydrogen-bond acceptors (Lipinski definition) is 2. The molecule has 2 heterocycles. The van der Waals surface area contributed by atoms with Crippen molar-refractivity contribution in [1.82, 2.24) is 15.6 Å². The first-order valence-corrected chi connectivity index (χ1v) is 8.84. The number of fused-ring (bicyclic) bond motifs is 1. The Labute approximate surface area is 167 Å². The lowest BCUT2D eigenvalue weighted by Crippen LogP contribution is -2.45. The quantitative estimate of drug-likeness (QED) is 0.270. The smallest absolute Gasteiger partial charge is 0.191 e. The number of nitrogens with one attached hydrogen (secondary N) is 3. The number of aryl methyl sites for hydroxylation is 1. The van der Waals surface area contributed by atoms with Crippen LogP contribution >= 0.6 is 24.0 Å². The molecule has 1 unspecified atom stereocenters. The molecule has 0 bridgehead atoms. The van der Waals surface area contributed by atoms with E-state index in [-0.39, 0.29) is 29.6 Å². The fourth-order valence-electron chi connectivity index (χ4n) is 3.29. The predicted molar refractivity (Wildman–Crippen MR) is 115 cm³/mol. The van der Waals surface area contributed by atoms with Crippen molar-refractivity contribution in [3.8, 4) is 0 Å². The Kier molecular flexibility index (Phi) is 7.56. The molecule has 0 saturated carbocycles. The second-order valence-electron chi connectivity index (χ2n) is 6.72. The summed E-state index contributed by atoms with van der Waals surface area (Å²) in [5.74, 6) is 0.852. The highest BCUT2D eigenvalue weighted by molar-refractivity contribution is 14.0. The van der Waals surface area contributed by atoms with Gasteiger partial charge in [-0.1, -0.05) is 18.2 Å². The Bertz CT molecular complexity index is 692. The topological polar surface area (TPSA) is 61.4 Å². The van der Waals surface area contributed by atoms with Gasteiger partial charge in [0.15, 0.2) is 5.96 Å². The molecule has 0 aliphatic carbocycles. The van der Waals surface area contributed by atoms with Gasteiger partial charge in [0.05, 0.1) is 5.60 Å². The molecular formula is C19H29IN4O. The Balaban J connectivity index is 0.00000225. The van der Waals surface area contributed by atoms with Crippen molar-refractivity contribution >= 4 is 40.8 Å². The number of aromatic amines is 1. The lowest BCUT2D eigenvalue weighted by Gasteiger charge is -2.24. The predicted octanol–water partition coefficient (Wildman–Crippen LogP) is 3.45. The molecule has 1 saturated heterocycles. The molecule has 25 heavy (non-hydrogen) atoms. The minimum Gasteiger partial charge on any atom is -0.373 e. The van der Waals surface area contributed by atoms with Gasteiger partial charge in [-0.3, -0.25) is 4.99 Å². The van der Waals surface area contributed by atoms with Gasteiger partial charge >= 0.3 is 0 Å². The van der Waals surface area contributed by atoms with E-state index in [0.29, 0.717) is 0 Å². The van der Waals surface area contributed by atoms with Crippen LogP contribution in [0.4, 0.5) is 0 Å². The number of H-pyrrole nitrogens is 1. The summed E-state index contributed by atoms with van der Waals surface area (Å²) in [5, 5.41) is 8.10. The van der Waals surface area contributed by atoms with Gasteiger partial charge in [-0.25, -0.2) is 0 Å². The first-order valence-electron chi connectivity index (χ1n) is 8.84. The number of ether oxygens (including phenoxy) is 1. The maximum Gasteiger partial charge on any atom is 0.191 e. The third-order valence-electron chi connectivity index (χ3n) is 4.74. The zero-order chi connectivity index (χ0) is 16.8. The largest absolute Gasteiger partial charge is 0.373 e. The fourth-order valence-corrected chi connectivity index (χ4v) is 3.29. The van der Waals surface area contributed by atoms with Crippen LogP contribution in [0, 0.1) is 0 Å². The van der Waals surface area contributed by atoms with E-state index < -0.39 is 0 Å². The average molecular weight is 456 g/mol. The van der Waals surface area contributed by atoms with Crippen molar-refractivity contribution in [2.24, 2.45) is 4.99 Å². The number of hydrogen-bond donors (Lipinski definition) is 3. The number of guanidine groups is 1. The summed E-state index contributed by atoms with van der Waals surface area (Å²) < 4.78 is 5.80. The van der Waals surface area contributed by atoms with Crippen molar-refractivity contribution in [1.29, 1.82) is 0 Å². The summed E-state index contributed by atoms with van der Waals surface area (Å²) in [4.78, 5) is 7.63. The molecule has 1 aliphatic heterocycles. The van der Waals surface area contributed by atoms with E-state index in [2.05, 4.69) is 58.0 Å².